The smallest absolute Gasteiger partial charge is 0.282 e. The number of benzene rings is 1. The van der Waals surface area contributed by atoms with Crippen LogP contribution in [0.4, 0.5) is 8.78 Å². The van der Waals surface area contributed by atoms with Crippen LogP contribution in [-0.2, 0) is 6.54 Å². The molecule has 0 spiro atoms. The Morgan fingerprint density at radius 1 is 1.15 bits per heavy atom. The molecule has 0 saturated heterocycles. The molecule has 20 heavy (non-hydrogen) atoms. The third-order valence-electron chi connectivity index (χ3n) is 2.87. The van der Waals surface area contributed by atoms with Crippen LogP contribution >= 0.6 is 11.6 Å². The SMILES string of the molecule is FC(F)c1nc(Cl)nc2c1ncn2Cc1ccccc1. The van der Waals surface area contributed by atoms with E-state index in [9.17, 15) is 8.78 Å². The quantitative estimate of drug-likeness (QED) is 0.695. The first-order valence-corrected chi connectivity index (χ1v) is 6.23. The zero-order chi connectivity index (χ0) is 14.1. The van der Waals surface area contributed by atoms with Gasteiger partial charge in [-0.3, -0.25) is 0 Å². The molecule has 0 N–H and O–H groups in total. The van der Waals surface area contributed by atoms with Crippen LogP contribution in [-0.4, -0.2) is 19.5 Å². The van der Waals surface area contributed by atoms with Gasteiger partial charge in [-0.05, 0) is 17.2 Å². The van der Waals surface area contributed by atoms with Gasteiger partial charge in [0.05, 0.1) is 12.9 Å². The molecular weight excluding hydrogens is 286 g/mol. The lowest BCUT2D eigenvalue weighted by molar-refractivity contribution is 0.147. The molecule has 0 aliphatic carbocycles. The average Bonchev–Trinajstić information content (AvgIpc) is 2.82. The van der Waals surface area contributed by atoms with E-state index in [1.165, 1.54) is 6.33 Å². The van der Waals surface area contributed by atoms with Crippen LogP contribution in [0.25, 0.3) is 11.2 Å². The summed E-state index contributed by atoms with van der Waals surface area (Å²) in [5.41, 5.74) is 0.969. The Hall–Kier alpha value is -2.08. The number of hydrogen-bond donors (Lipinski definition) is 0. The van der Waals surface area contributed by atoms with Crippen LogP contribution in [0.15, 0.2) is 36.7 Å². The maximum atomic E-state index is 12.9. The molecule has 1 aromatic carbocycles. The minimum atomic E-state index is -2.74. The van der Waals surface area contributed by atoms with Crippen LogP contribution in [0.3, 0.4) is 0 Å². The van der Waals surface area contributed by atoms with Gasteiger partial charge in [-0.1, -0.05) is 30.3 Å². The number of rotatable bonds is 3. The molecule has 0 unspecified atom stereocenters. The van der Waals surface area contributed by atoms with Crippen molar-refractivity contribution in [1.29, 1.82) is 0 Å². The summed E-state index contributed by atoms with van der Waals surface area (Å²) in [4.78, 5) is 11.5. The van der Waals surface area contributed by atoms with Crippen molar-refractivity contribution in [3.05, 3.63) is 53.2 Å². The molecular formula is C13H9ClF2N4. The van der Waals surface area contributed by atoms with E-state index < -0.39 is 12.1 Å². The number of aromatic nitrogens is 4. The molecule has 0 saturated carbocycles. The van der Waals surface area contributed by atoms with Crippen LogP contribution < -0.4 is 0 Å². The van der Waals surface area contributed by atoms with Crippen LogP contribution in [0, 0.1) is 0 Å². The van der Waals surface area contributed by atoms with E-state index in [2.05, 4.69) is 15.0 Å². The van der Waals surface area contributed by atoms with E-state index in [0.717, 1.165) is 5.56 Å². The fraction of sp³-hybridized carbons (Fsp3) is 0.154. The van der Waals surface area contributed by atoms with Crippen LogP contribution in [0.2, 0.25) is 5.28 Å². The highest BCUT2D eigenvalue weighted by Crippen LogP contribution is 2.25. The van der Waals surface area contributed by atoms with Crippen molar-refractivity contribution in [2.24, 2.45) is 0 Å². The summed E-state index contributed by atoms with van der Waals surface area (Å²) in [5.74, 6) is 0. The molecule has 4 nitrogen and oxygen atoms in total. The van der Waals surface area contributed by atoms with Crippen molar-refractivity contribution in [2.45, 2.75) is 13.0 Å². The number of alkyl halides is 2. The predicted molar refractivity (Wildman–Crippen MR) is 70.8 cm³/mol. The van der Waals surface area contributed by atoms with Crippen molar-refractivity contribution in [3.63, 3.8) is 0 Å². The highest BCUT2D eigenvalue weighted by molar-refractivity contribution is 6.28. The van der Waals surface area contributed by atoms with Crippen molar-refractivity contribution < 1.29 is 8.78 Å². The molecule has 2 heterocycles. The second kappa shape index (κ2) is 5.13. The standard InChI is InChI=1S/C13H9ClF2N4/c14-13-18-9(11(15)16)10-12(19-13)20(7-17-10)6-8-4-2-1-3-5-8/h1-5,7,11H,6H2. The van der Waals surface area contributed by atoms with Crippen molar-refractivity contribution in [2.75, 3.05) is 0 Å². The third-order valence-corrected chi connectivity index (χ3v) is 3.04. The summed E-state index contributed by atoms with van der Waals surface area (Å²) in [7, 11) is 0. The Morgan fingerprint density at radius 2 is 1.90 bits per heavy atom. The summed E-state index contributed by atoms with van der Waals surface area (Å²) in [5, 5.41) is -0.206. The second-order valence-electron chi connectivity index (χ2n) is 4.21. The van der Waals surface area contributed by atoms with Gasteiger partial charge in [0, 0.05) is 0 Å². The van der Waals surface area contributed by atoms with E-state index >= 15 is 0 Å². The van der Waals surface area contributed by atoms with E-state index in [4.69, 9.17) is 11.6 Å². The van der Waals surface area contributed by atoms with Crippen LogP contribution in [0.5, 0.6) is 0 Å². The summed E-state index contributed by atoms with van der Waals surface area (Å²) in [6.07, 6.45) is -1.27. The fourth-order valence-corrected chi connectivity index (χ4v) is 2.16. The lowest BCUT2D eigenvalue weighted by Gasteiger charge is -2.05. The van der Waals surface area contributed by atoms with Crippen molar-refractivity contribution in [1.82, 2.24) is 19.5 Å². The Morgan fingerprint density at radius 3 is 2.60 bits per heavy atom. The van der Waals surface area contributed by atoms with Crippen LogP contribution in [0.1, 0.15) is 17.7 Å². The first-order valence-electron chi connectivity index (χ1n) is 5.85. The average molecular weight is 295 g/mol. The van der Waals surface area contributed by atoms with Crippen molar-refractivity contribution >= 4 is 22.8 Å². The molecule has 0 atom stereocenters. The number of nitrogens with zero attached hydrogens (tertiary/aromatic N) is 4. The summed E-state index contributed by atoms with van der Waals surface area (Å²) >= 11 is 5.70. The predicted octanol–water partition coefficient (Wildman–Crippen LogP) is 3.47. The van der Waals surface area contributed by atoms with Gasteiger partial charge in [0.25, 0.3) is 6.43 Å². The molecule has 0 amide bonds. The van der Waals surface area contributed by atoms with Gasteiger partial charge in [-0.15, -0.1) is 0 Å². The first-order chi connectivity index (χ1) is 9.65. The summed E-state index contributed by atoms with van der Waals surface area (Å²) < 4.78 is 27.5. The van der Waals surface area contributed by atoms with Gasteiger partial charge < -0.3 is 4.57 Å². The lowest BCUT2D eigenvalue weighted by atomic mass is 10.2. The molecule has 102 valence electrons. The monoisotopic (exact) mass is 294 g/mol. The maximum absolute atomic E-state index is 12.9. The van der Waals surface area contributed by atoms with Gasteiger partial charge in [-0.25, -0.2) is 18.7 Å². The number of hydrogen-bond acceptors (Lipinski definition) is 3. The molecule has 0 radical (unpaired) electrons. The highest BCUT2D eigenvalue weighted by Gasteiger charge is 2.19. The van der Waals surface area contributed by atoms with Gasteiger partial charge in [-0.2, -0.15) is 4.98 Å². The van der Waals surface area contributed by atoms with Gasteiger partial charge in [0.15, 0.2) is 5.65 Å². The zero-order valence-corrected chi connectivity index (χ0v) is 10.9. The normalized spacial score (nSPS) is 11.4. The van der Waals surface area contributed by atoms with E-state index in [-0.39, 0.29) is 10.8 Å². The Labute approximate surface area is 118 Å². The Balaban J connectivity index is 2.09. The first kappa shape index (κ1) is 12.9. The highest BCUT2D eigenvalue weighted by atomic mass is 35.5. The number of halogens is 3. The van der Waals surface area contributed by atoms with Crippen molar-refractivity contribution in [3.8, 4) is 0 Å². The molecule has 3 rings (SSSR count). The van der Waals surface area contributed by atoms with E-state index in [1.54, 1.807) is 4.57 Å². The minimum Gasteiger partial charge on any atom is -0.311 e. The third kappa shape index (κ3) is 2.34. The summed E-state index contributed by atoms with van der Waals surface area (Å²) in [6, 6.07) is 9.58. The lowest BCUT2D eigenvalue weighted by Crippen LogP contribution is -2.01. The molecule has 0 bridgehead atoms. The molecule has 3 aromatic rings. The number of fused-ring (bicyclic) bond motifs is 1. The Kier molecular flexibility index (Phi) is 3.31. The van der Waals surface area contributed by atoms with Gasteiger partial charge in [0.2, 0.25) is 5.28 Å². The van der Waals surface area contributed by atoms with E-state index in [1.807, 2.05) is 30.3 Å². The van der Waals surface area contributed by atoms with Gasteiger partial charge >= 0.3 is 0 Å². The molecule has 0 aliphatic rings. The Bertz CT molecular complexity index is 743. The second-order valence-corrected chi connectivity index (χ2v) is 4.55. The largest absolute Gasteiger partial charge is 0.311 e. The van der Waals surface area contributed by atoms with E-state index in [0.29, 0.717) is 12.2 Å². The topological polar surface area (TPSA) is 43.6 Å². The zero-order valence-electron chi connectivity index (χ0n) is 10.2. The molecule has 7 heteroatoms. The molecule has 0 aliphatic heterocycles. The maximum Gasteiger partial charge on any atom is 0.282 e. The summed E-state index contributed by atoms with van der Waals surface area (Å²) in [6.45, 7) is 0.480. The van der Waals surface area contributed by atoms with Gasteiger partial charge in [0.1, 0.15) is 11.2 Å². The minimum absolute atomic E-state index is 0.0836. The molecule has 0 fully saturated rings. The molecule has 2 aromatic heterocycles. The fourth-order valence-electron chi connectivity index (χ4n) is 1.99. The number of imidazole rings is 1.